The molecule has 1 N–H and O–H groups in total. The van der Waals surface area contributed by atoms with Gasteiger partial charge in [-0.05, 0) is 30.0 Å². The number of hydrogen-bond acceptors (Lipinski definition) is 7. The van der Waals surface area contributed by atoms with Crippen LogP contribution in [0.2, 0.25) is 0 Å². The van der Waals surface area contributed by atoms with Crippen LogP contribution in [0.4, 0.5) is 16.5 Å². The summed E-state index contributed by atoms with van der Waals surface area (Å²) < 4.78 is 0. The molecule has 0 unspecified atom stereocenters. The van der Waals surface area contributed by atoms with E-state index in [9.17, 15) is 19.5 Å². The summed E-state index contributed by atoms with van der Waals surface area (Å²) >= 11 is 2.41. The van der Waals surface area contributed by atoms with Gasteiger partial charge in [0.05, 0.1) is 21.9 Å². The molecule has 5 rings (SSSR count). The molecule has 32 heavy (non-hydrogen) atoms. The Morgan fingerprint density at radius 2 is 1.78 bits per heavy atom. The summed E-state index contributed by atoms with van der Waals surface area (Å²) in [5.74, 6) is -2.05. The summed E-state index contributed by atoms with van der Waals surface area (Å²) in [7, 11) is 0. The SMILES string of the molecule is O=C(O)CN1C(=O)/C(=C2\S/C(=N/c3nccs3)N(c3ccccc3)C2=O)c2ccccc21. The van der Waals surface area contributed by atoms with Crippen LogP contribution in [0.15, 0.2) is 76.1 Å². The Bertz CT molecular complexity index is 1300. The smallest absolute Gasteiger partial charge is 0.323 e. The summed E-state index contributed by atoms with van der Waals surface area (Å²) in [6.07, 6.45) is 1.62. The van der Waals surface area contributed by atoms with E-state index in [0.717, 1.165) is 11.8 Å². The van der Waals surface area contributed by atoms with Gasteiger partial charge in [0.15, 0.2) is 5.17 Å². The third-order valence-corrected chi connectivity index (χ3v) is 6.56. The van der Waals surface area contributed by atoms with Crippen molar-refractivity contribution in [3.05, 3.63) is 76.6 Å². The van der Waals surface area contributed by atoms with Gasteiger partial charge in [-0.3, -0.25) is 24.2 Å². The van der Waals surface area contributed by atoms with Crippen molar-refractivity contribution in [2.75, 3.05) is 16.3 Å². The van der Waals surface area contributed by atoms with Crippen LogP contribution in [0.25, 0.3) is 5.57 Å². The van der Waals surface area contributed by atoms with E-state index in [1.165, 1.54) is 21.1 Å². The molecule has 0 atom stereocenters. The number of aliphatic carboxylic acids is 1. The lowest BCUT2D eigenvalue weighted by Gasteiger charge is -2.15. The fraction of sp³-hybridized carbons (Fsp3) is 0.0455. The number of carbonyl (C=O) groups is 3. The number of para-hydroxylation sites is 2. The van der Waals surface area contributed by atoms with E-state index in [1.807, 2.05) is 18.2 Å². The summed E-state index contributed by atoms with van der Waals surface area (Å²) in [4.78, 5) is 49.7. The second kappa shape index (κ2) is 8.06. The number of carboxylic acids is 1. The molecule has 3 aromatic rings. The second-order valence-electron chi connectivity index (χ2n) is 6.79. The molecule has 1 saturated heterocycles. The van der Waals surface area contributed by atoms with Gasteiger partial charge in [-0.1, -0.05) is 36.4 Å². The van der Waals surface area contributed by atoms with Crippen LogP contribution in [-0.2, 0) is 14.4 Å². The molecular weight excluding hydrogens is 448 g/mol. The first-order valence-corrected chi connectivity index (χ1v) is 11.2. The molecule has 1 fully saturated rings. The first kappa shape index (κ1) is 20.2. The van der Waals surface area contributed by atoms with Crippen LogP contribution in [0.3, 0.4) is 0 Å². The summed E-state index contributed by atoms with van der Waals surface area (Å²) in [6.45, 7) is -0.492. The molecule has 0 aliphatic carbocycles. The first-order valence-electron chi connectivity index (χ1n) is 9.47. The third kappa shape index (κ3) is 3.39. The second-order valence-corrected chi connectivity index (χ2v) is 8.64. The summed E-state index contributed by atoms with van der Waals surface area (Å²) in [5.41, 5.74) is 1.78. The zero-order valence-corrected chi connectivity index (χ0v) is 18.0. The number of carboxylic acid groups (broad SMARTS) is 1. The maximum absolute atomic E-state index is 13.6. The van der Waals surface area contributed by atoms with Crippen molar-refractivity contribution in [3.63, 3.8) is 0 Å². The Balaban J connectivity index is 1.67. The number of thiazole rings is 1. The van der Waals surface area contributed by atoms with Gasteiger partial charge in [0.1, 0.15) is 6.54 Å². The first-order chi connectivity index (χ1) is 15.5. The van der Waals surface area contributed by atoms with E-state index >= 15 is 0 Å². The Kier molecular flexibility index (Phi) is 5.08. The number of rotatable bonds is 4. The standard InChI is InChI=1S/C22H14N4O4S2/c27-16(28)12-25-15-9-5-4-8-14(15)17(19(25)29)18-20(30)26(13-6-2-1-3-7-13)22(32-18)24-21-23-10-11-31-21/h1-11H,12H2,(H,27,28)/b18-17-,24-22+. The van der Waals surface area contributed by atoms with Crippen LogP contribution in [0.5, 0.6) is 0 Å². The minimum atomic E-state index is -1.14. The predicted octanol–water partition coefficient (Wildman–Crippen LogP) is 3.75. The number of carbonyl (C=O) groups excluding carboxylic acids is 2. The fourth-order valence-corrected chi connectivity index (χ4v) is 5.18. The highest BCUT2D eigenvalue weighted by Gasteiger charge is 2.43. The van der Waals surface area contributed by atoms with Gasteiger partial charge in [-0.15, -0.1) is 11.3 Å². The van der Waals surface area contributed by atoms with Crippen molar-refractivity contribution in [1.82, 2.24) is 4.98 Å². The van der Waals surface area contributed by atoms with E-state index in [1.54, 1.807) is 48.0 Å². The van der Waals surface area contributed by atoms with Gasteiger partial charge in [0.2, 0.25) is 5.13 Å². The molecule has 2 aliphatic heterocycles. The lowest BCUT2D eigenvalue weighted by Crippen LogP contribution is -2.33. The molecular formula is C22H14N4O4S2. The van der Waals surface area contributed by atoms with Gasteiger partial charge < -0.3 is 5.11 Å². The Hall–Kier alpha value is -3.76. The van der Waals surface area contributed by atoms with E-state index < -0.39 is 24.3 Å². The molecule has 3 heterocycles. The van der Waals surface area contributed by atoms with E-state index in [-0.39, 0.29) is 10.5 Å². The van der Waals surface area contributed by atoms with Gasteiger partial charge in [-0.25, -0.2) is 4.98 Å². The molecule has 0 bridgehead atoms. The van der Waals surface area contributed by atoms with E-state index in [2.05, 4.69) is 9.98 Å². The number of thioether (sulfide) groups is 1. The average Bonchev–Trinajstić information content (AvgIpc) is 3.47. The predicted molar refractivity (Wildman–Crippen MR) is 124 cm³/mol. The lowest BCUT2D eigenvalue weighted by atomic mass is 10.1. The lowest BCUT2D eigenvalue weighted by molar-refractivity contribution is -0.136. The normalized spacial score (nSPS) is 19.2. The number of amides is 2. The average molecular weight is 463 g/mol. The molecule has 0 spiro atoms. The monoisotopic (exact) mass is 462 g/mol. The van der Waals surface area contributed by atoms with Crippen LogP contribution in [0, 0.1) is 0 Å². The van der Waals surface area contributed by atoms with Gasteiger partial charge in [0.25, 0.3) is 11.8 Å². The third-order valence-electron chi connectivity index (χ3n) is 4.85. The molecule has 0 saturated carbocycles. The highest BCUT2D eigenvalue weighted by atomic mass is 32.2. The Morgan fingerprint density at radius 1 is 1.03 bits per heavy atom. The molecule has 2 amide bonds. The number of hydrogen-bond donors (Lipinski definition) is 1. The highest BCUT2D eigenvalue weighted by Crippen LogP contribution is 2.45. The number of benzene rings is 2. The van der Waals surface area contributed by atoms with Gasteiger partial charge >= 0.3 is 5.97 Å². The zero-order valence-electron chi connectivity index (χ0n) is 16.3. The number of aliphatic imine (C=N–C) groups is 1. The van der Waals surface area contributed by atoms with E-state index in [0.29, 0.717) is 27.2 Å². The van der Waals surface area contributed by atoms with Crippen LogP contribution >= 0.6 is 23.1 Å². The van der Waals surface area contributed by atoms with Crippen LogP contribution in [0.1, 0.15) is 5.56 Å². The minimum absolute atomic E-state index is 0.183. The zero-order chi connectivity index (χ0) is 22.2. The summed E-state index contributed by atoms with van der Waals surface area (Å²) in [6, 6.07) is 15.9. The van der Waals surface area contributed by atoms with Gasteiger partial charge in [0, 0.05) is 17.1 Å². The number of fused-ring (bicyclic) bond motifs is 1. The molecule has 158 valence electrons. The van der Waals surface area contributed by atoms with Crippen LogP contribution < -0.4 is 9.80 Å². The van der Waals surface area contributed by atoms with Crippen molar-refractivity contribution in [3.8, 4) is 0 Å². The quantitative estimate of drug-likeness (QED) is 0.593. The van der Waals surface area contributed by atoms with Crippen molar-refractivity contribution in [2.45, 2.75) is 0 Å². The molecule has 2 aromatic carbocycles. The largest absolute Gasteiger partial charge is 0.480 e. The maximum Gasteiger partial charge on any atom is 0.323 e. The van der Waals surface area contributed by atoms with Crippen molar-refractivity contribution in [1.29, 1.82) is 0 Å². The molecule has 2 aliphatic rings. The topological polar surface area (TPSA) is 103 Å². The number of aromatic nitrogens is 1. The number of amidine groups is 1. The van der Waals surface area contributed by atoms with Crippen molar-refractivity contribution < 1.29 is 19.5 Å². The number of nitrogens with zero attached hydrogens (tertiary/aromatic N) is 4. The molecule has 0 radical (unpaired) electrons. The van der Waals surface area contributed by atoms with Crippen molar-refractivity contribution >= 4 is 68.1 Å². The number of anilines is 2. The maximum atomic E-state index is 13.6. The van der Waals surface area contributed by atoms with Gasteiger partial charge in [-0.2, -0.15) is 4.99 Å². The van der Waals surface area contributed by atoms with Crippen LogP contribution in [-0.4, -0.2) is 39.6 Å². The fourth-order valence-electron chi connectivity index (χ4n) is 3.55. The molecule has 8 nitrogen and oxygen atoms in total. The minimum Gasteiger partial charge on any atom is -0.480 e. The Morgan fingerprint density at radius 3 is 2.50 bits per heavy atom. The molecule has 1 aromatic heterocycles. The highest BCUT2D eigenvalue weighted by molar-refractivity contribution is 8.19. The molecule has 10 heteroatoms. The Labute approximate surface area is 190 Å². The van der Waals surface area contributed by atoms with Crippen molar-refractivity contribution in [2.24, 2.45) is 4.99 Å². The van der Waals surface area contributed by atoms with E-state index in [4.69, 9.17) is 0 Å². The summed E-state index contributed by atoms with van der Waals surface area (Å²) in [5, 5.41) is 11.9.